The van der Waals surface area contributed by atoms with E-state index in [1.54, 1.807) is 39.1 Å². The van der Waals surface area contributed by atoms with Gasteiger partial charge in [-0.15, -0.1) is 0 Å². The van der Waals surface area contributed by atoms with E-state index >= 15 is 0 Å². The summed E-state index contributed by atoms with van der Waals surface area (Å²) in [5.74, 6) is -0.267. The van der Waals surface area contributed by atoms with Gasteiger partial charge >= 0.3 is 0 Å². The minimum Gasteiger partial charge on any atom is -0.455 e. The zero-order chi connectivity index (χ0) is 18.4. The monoisotopic (exact) mass is 341 g/mol. The van der Waals surface area contributed by atoms with Crippen LogP contribution in [0, 0.1) is 12.7 Å². The summed E-state index contributed by atoms with van der Waals surface area (Å²) in [5.41, 5.74) is 2.06. The predicted molar refractivity (Wildman–Crippen MR) is 95.0 cm³/mol. The number of hydrogen-bond donors (Lipinski definition) is 2. The Morgan fingerprint density at radius 3 is 2.40 bits per heavy atom. The van der Waals surface area contributed by atoms with E-state index in [-0.39, 0.29) is 11.7 Å². The molecule has 1 amide bonds. The van der Waals surface area contributed by atoms with E-state index in [2.05, 4.69) is 5.32 Å². The van der Waals surface area contributed by atoms with Gasteiger partial charge in [0.15, 0.2) is 0 Å². The van der Waals surface area contributed by atoms with E-state index in [4.69, 9.17) is 4.42 Å². The van der Waals surface area contributed by atoms with E-state index < -0.39 is 5.60 Å². The van der Waals surface area contributed by atoms with Crippen LogP contribution < -0.4 is 5.32 Å². The van der Waals surface area contributed by atoms with Crippen molar-refractivity contribution in [1.29, 1.82) is 0 Å². The van der Waals surface area contributed by atoms with E-state index in [1.165, 1.54) is 12.1 Å². The fourth-order valence-corrected chi connectivity index (χ4v) is 3.07. The molecule has 0 fully saturated rings. The van der Waals surface area contributed by atoms with E-state index in [9.17, 15) is 14.3 Å². The first-order chi connectivity index (χ1) is 11.7. The highest BCUT2D eigenvalue weighted by atomic mass is 19.1. The van der Waals surface area contributed by atoms with Crippen LogP contribution in [0.25, 0.3) is 22.3 Å². The summed E-state index contributed by atoms with van der Waals surface area (Å²) in [5, 5.41) is 13.6. The van der Waals surface area contributed by atoms with Gasteiger partial charge in [-0.2, -0.15) is 0 Å². The topological polar surface area (TPSA) is 62.5 Å². The van der Waals surface area contributed by atoms with Gasteiger partial charge in [0, 0.05) is 18.0 Å². The molecule has 0 aliphatic rings. The second-order valence-corrected chi connectivity index (χ2v) is 6.61. The van der Waals surface area contributed by atoms with Gasteiger partial charge in [-0.05, 0) is 68.3 Å². The lowest BCUT2D eigenvalue weighted by atomic mass is 9.92. The Kier molecular flexibility index (Phi) is 4.13. The Hall–Kier alpha value is -2.66. The zero-order valence-corrected chi connectivity index (χ0v) is 14.6. The van der Waals surface area contributed by atoms with E-state index in [1.807, 2.05) is 13.0 Å². The first-order valence-electron chi connectivity index (χ1n) is 8.00. The maximum Gasteiger partial charge on any atom is 0.255 e. The van der Waals surface area contributed by atoms with Crippen molar-refractivity contribution >= 4 is 16.9 Å². The molecule has 0 aliphatic heterocycles. The van der Waals surface area contributed by atoms with Crippen molar-refractivity contribution in [2.75, 3.05) is 7.05 Å². The fourth-order valence-electron chi connectivity index (χ4n) is 3.07. The van der Waals surface area contributed by atoms with Gasteiger partial charge in [0.1, 0.15) is 17.2 Å². The van der Waals surface area contributed by atoms with Crippen molar-refractivity contribution < 1.29 is 18.7 Å². The minimum atomic E-state index is -1.03. The van der Waals surface area contributed by atoms with Crippen LogP contribution in [0.15, 0.2) is 40.8 Å². The number of aliphatic hydroxyl groups is 1. The van der Waals surface area contributed by atoms with Crippen LogP contribution in [0.4, 0.5) is 4.39 Å². The highest BCUT2D eigenvalue weighted by Gasteiger charge is 2.25. The van der Waals surface area contributed by atoms with E-state index in [0.29, 0.717) is 27.9 Å². The number of amides is 1. The lowest BCUT2D eigenvalue weighted by molar-refractivity contribution is 0.0780. The number of carbonyl (C=O) groups is 1. The van der Waals surface area contributed by atoms with Gasteiger partial charge in [-0.25, -0.2) is 4.39 Å². The van der Waals surface area contributed by atoms with E-state index in [0.717, 1.165) is 11.1 Å². The predicted octanol–water partition coefficient (Wildman–Crippen LogP) is 4.13. The number of carbonyl (C=O) groups excluding carboxylic acids is 1. The number of benzene rings is 2. The first-order valence-corrected chi connectivity index (χ1v) is 8.00. The molecule has 3 aromatic rings. The van der Waals surface area contributed by atoms with Crippen molar-refractivity contribution in [1.82, 2.24) is 5.32 Å². The molecule has 0 unspecified atom stereocenters. The summed E-state index contributed by atoms with van der Waals surface area (Å²) in [7, 11) is 1.55. The molecule has 25 heavy (non-hydrogen) atoms. The Morgan fingerprint density at radius 2 is 1.84 bits per heavy atom. The summed E-state index contributed by atoms with van der Waals surface area (Å²) < 4.78 is 19.2. The normalized spacial score (nSPS) is 11.8. The molecule has 0 saturated heterocycles. The minimum absolute atomic E-state index is 0.284. The maximum absolute atomic E-state index is 13.2. The lowest BCUT2D eigenvalue weighted by Gasteiger charge is -2.20. The van der Waals surface area contributed by atoms with Gasteiger partial charge < -0.3 is 14.8 Å². The maximum atomic E-state index is 13.2. The summed E-state index contributed by atoms with van der Waals surface area (Å²) in [4.78, 5) is 12.4. The molecule has 2 aromatic carbocycles. The average molecular weight is 341 g/mol. The summed E-state index contributed by atoms with van der Waals surface area (Å²) >= 11 is 0. The number of hydrogen-bond acceptors (Lipinski definition) is 3. The number of aryl methyl sites for hydroxylation is 1. The summed E-state index contributed by atoms with van der Waals surface area (Å²) in [6, 6.07) is 9.38. The molecule has 4 nitrogen and oxygen atoms in total. The summed E-state index contributed by atoms with van der Waals surface area (Å²) in [6.45, 7) is 5.28. The quantitative estimate of drug-likeness (QED) is 0.753. The molecule has 0 spiro atoms. The van der Waals surface area contributed by atoms with Gasteiger partial charge in [0.2, 0.25) is 0 Å². The SMILES string of the molecule is CNC(=O)c1c(-c2ccc(F)cc2)oc2cc(C(C)(C)O)c(C)cc12. The van der Waals surface area contributed by atoms with Crippen molar-refractivity contribution in [3.63, 3.8) is 0 Å². The number of nitrogens with one attached hydrogen (secondary N) is 1. The fraction of sp³-hybridized carbons (Fsp3) is 0.250. The van der Waals surface area contributed by atoms with Crippen LogP contribution in [0.3, 0.4) is 0 Å². The standard InChI is InChI=1S/C20H20FNO3/c1-11-9-14-16(10-15(11)20(2,3)24)25-18(17(14)19(23)22-4)12-5-7-13(21)8-6-12/h5-10,24H,1-4H3,(H,22,23). The summed E-state index contributed by atoms with van der Waals surface area (Å²) in [6.07, 6.45) is 0. The van der Waals surface area contributed by atoms with Crippen molar-refractivity contribution in [2.45, 2.75) is 26.4 Å². The van der Waals surface area contributed by atoms with Crippen LogP contribution in [0.1, 0.15) is 35.3 Å². The van der Waals surface area contributed by atoms with Crippen LogP contribution in [-0.4, -0.2) is 18.1 Å². The largest absolute Gasteiger partial charge is 0.455 e. The number of fused-ring (bicyclic) bond motifs is 1. The zero-order valence-electron chi connectivity index (χ0n) is 14.6. The number of halogens is 1. The van der Waals surface area contributed by atoms with Crippen molar-refractivity contribution in [3.8, 4) is 11.3 Å². The molecule has 1 heterocycles. The first kappa shape index (κ1) is 17.2. The van der Waals surface area contributed by atoms with Gasteiger partial charge in [0.05, 0.1) is 11.2 Å². The van der Waals surface area contributed by atoms with Crippen LogP contribution >= 0.6 is 0 Å². The third kappa shape index (κ3) is 3.03. The van der Waals surface area contributed by atoms with Gasteiger partial charge in [0.25, 0.3) is 5.91 Å². The lowest BCUT2D eigenvalue weighted by Crippen LogP contribution is -2.19. The highest BCUT2D eigenvalue weighted by molar-refractivity contribution is 6.11. The van der Waals surface area contributed by atoms with Crippen LogP contribution in [0.2, 0.25) is 0 Å². The van der Waals surface area contributed by atoms with Gasteiger partial charge in [-0.1, -0.05) is 0 Å². The smallest absolute Gasteiger partial charge is 0.255 e. The van der Waals surface area contributed by atoms with Crippen LogP contribution in [0.5, 0.6) is 0 Å². The number of furan rings is 1. The molecule has 130 valence electrons. The van der Waals surface area contributed by atoms with Crippen LogP contribution in [-0.2, 0) is 5.60 Å². The second-order valence-electron chi connectivity index (χ2n) is 6.61. The Bertz CT molecular complexity index is 950. The second kappa shape index (κ2) is 6.01. The third-order valence-corrected chi connectivity index (χ3v) is 4.25. The highest BCUT2D eigenvalue weighted by Crippen LogP contribution is 2.37. The molecular formula is C20H20FNO3. The average Bonchev–Trinajstić information content (AvgIpc) is 2.91. The molecule has 1 aromatic heterocycles. The molecule has 0 atom stereocenters. The Balaban J connectivity index is 2.33. The molecule has 0 radical (unpaired) electrons. The Labute approximate surface area is 145 Å². The molecule has 0 aliphatic carbocycles. The molecule has 3 rings (SSSR count). The number of rotatable bonds is 3. The molecular weight excluding hydrogens is 321 g/mol. The van der Waals surface area contributed by atoms with Crippen molar-refractivity contribution in [2.24, 2.45) is 0 Å². The Morgan fingerprint density at radius 1 is 1.20 bits per heavy atom. The molecule has 0 bridgehead atoms. The van der Waals surface area contributed by atoms with Crippen molar-refractivity contribution in [3.05, 3.63) is 58.9 Å². The molecule has 2 N–H and O–H groups in total. The molecule has 5 heteroatoms. The third-order valence-electron chi connectivity index (χ3n) is 4.25. The van der Waals surface area contributed by atoms with Gasteiger partial charge in [-0.3, -0.25) is 4.79 Å². The molecule has 0 saturated carbocycles.